The molecule has 0 bridgehead atoms. The number of hydrogen-bond donors (Lipinski definition) is 0. The summed E-state index contributed by atoms with van der Waals surface area (Å²) in [5.74, 6) is 0. The van der Waals surface area contributed by atoms with Gasteiger partial charge in [0.1, 0.15) is 5.65 Å². The predicted molar refractivity (Wildman–Crippen MR) is 80.4 cm³/mol. The third-order valence-electron chi connectivity index (χ3n) is 3.30. The molecule has 0 unspecified atom stereocenters. The summed E-state index contributed by atoms with van der Waals surface area (Å²) in [4.78, 5) is 15.6. The SMILES string of the molecule is CS(=O)(=O)c1ccc(-c2cn(C=O)c3ncccc23)cc1. The lowest BCUT2D eigenvalue weighted by atomic mass is 10.1. The van der Waals surface area contributed by atoms with E-state index in [-0.39, 0.29) is 4.90 Å². The molecular weight excluding hydrogens is 288 g/mol. The van der Waals surface area contributed by atoms with Crippen LogP contribution in [0, 0.1) is 0 Å². The second-order valence-electron chi connectivity index (χ2n) is 4.73. The van der Waals surface area contributed by atoms with Crippen molar-refractivity contribution >= 4 is 27.3 Å². The van der Waals surface area contributed by atoms with Crippen LogP contribution < -0.4 is 0 Å². The number of carbonyl (C=O) groups is 1. The van der Waals surface area contributed by atoms with Gasteiger partial charge in [0.25, 0.3) is 0 Å². The number of benzene rings is 1. The molecule has 0 saturated heterocycles. The number of hydrogen-bond acceptors (Lipinski definition) is 4. The molecule has 0 saturated carbocycles. The number of aromatic nitrogens is 2. The van der Waals surface area contributed by atoms with Gasteiger partial charge < -0.3 is 0 Å². The van der Waals surface area contributed by atoms with E-state index >= 15 is 0 Å². The minimum absolute atomic E-state index is 0.267. The van der Waals surface area contributed by atoms with Crippen molar-refractivity contribution in [3.63, 3.8) is 0 Å². The molecule has 21 heavy (non-hydrogen) atoms. The number of fused-ring (bicyclic) bond motifs is 1. The summed E-state index contributed by atoms with van der Waals surface area (Å²) in [5.41, 5.74) is 2.25. The first-order valence-electron chi connectivity index (χ1n) is 6.22. The fraction of sp³-hybridized carbons (Fsp3) is 0.0667. The highest BCUT2D eigenvalue weighted by molar-refractivity contribution is 7.90. The lowest BCUT2D eigenvalue weighted by Crippen LogP contribution is -1.96. The number of nitrogens with zero attached hydrogens (tertiary/aromatic N) is 2. The molecule has 2 heterocycles. The van der Waals surface area contributed by atoms with Crippen molar-refractivity contribution in [3.8, 4) is 11.1 Å². The summed E-state index contributed by atoms with van der Waals surface area (Å²) in [6.45, 7) is 0. The van der Waals surface area contributed by atoms with E-state index in [0.717, 1.165) is 16.5 Å². The summed E-state index contributed by atoms with van der Waals surface area (Å²) in [7, 11) is -3.22. The van der Waals surface area contributed by atoms with Gasteiger partial charge in [-0.2, -0.15) is 0 Å². The Kier molecular flexibility index (Phi) is 3.10. The maximum absolute atomic E-state index is 11.5. The summed E-state index contributed by atoms with van der Waals surface area (Å²) in [5, 5.41) is 0.844. The van der Waals surface area contributed by atoms with Crippen molar-refractivity contribution in [2.75, 3.05) is 6.26 Å². The zero-order chi connectivity index (χ0) is 15.0. The molecule has 2 aromatic heterocycles. The van der Waals surface area contributed by atoms with E-state index in [0.29, 0.717) is 12.1 Å². The van der Waals surface area contributed by atoms with Crippen LogP contribution in [0.25, 0.3) is 22.2 Å². The van der Waals surface area contributed by atoms with Gasteiger partial charge in [-0.1, -0.05) is 12.1 Å². The first-order valence-corrected chi connectivity index (χ1v) is 8.11. The molecule has 0 aliphatic carbocycles. The Labute approximate surface area is 121 Å². The van der Waals surface area contributed by atoms with E-state index in [4.69, 9.17) is 0 Å². The Morgan fingerprint density at radius 3 is 2.48 bits per heavy atom. The first kappa shape index (κ1) is 13.5. The van der Waals surface area contributed by atoms with Crippen molar-refractivity contribution in [1.29, 1.82) is 0 Å². The molecule has 0 spiro atoms. The van der Waals surface area contributed by atoms with Gasteiger partial charge in [0, 0.05) is 29.6 Å². The summed E-state index contributed by atoms with van der Waals surface area (Å²) < 4.78 is 24.4. The van der Waals surface area contributed by atoms with Crippen molar-refractivity contribution in [3.05, 3.63) is 48.8 Å². The summed E-state index contributed by atoms with van der Waals surface area (Å²) in [6.07, 6.45) is 5.19. The zero-order valence-electron chi connectivity index (χ0n) is 11.2. The largest absolute Gasteiger partial charge is 0.278 e. The molecule has 0 aliphatic heterocycles. The third-order valence-corrected chi connectivity index (χ3v) is 4.43. The van der Waals surface area contributed by atoms with E-state index < -0.39 is 9.84 Å². The van der Waals surface area contributed by atoms with Crippen molar-refractivity contribution < 1.29 is 13.2 Å². The fourth-order valence-electron chi connectivity index (χ4n) is 2.27. The minimum atomic E-state index is -3.22. The molecule has 0 radical (unpaired) electrons. The Hall–Kier alpha value is -2.47. The van der Waals surface area contributed by atoms with E-state index in [1.54, 1.807) is 42.7 Å². The molecule has 3 rings (SSSR count). The van der Waals surface area contributed by atoms with E-state index in [9.17, 15) is 13.2 Å². The van der Waals surface area contributed by atoms with Crippen LogP contribution in [0.3, 0.4) is 0 Å². The second kappa shape index (κ2) is 4.82. The van der Waals surface area contributed by atoms with Crippen LogP contribution in [0.2, 0.25) is 0 Å². The van der Waals surface area contributed by atoms with Gasteiger partial charge >= 0.3 is 0 Å². The Balaban J connectivity index is 2.19. The molecule has 0 fully saturated rings. The number of pyridine rings is 1. The van der Waals surface area contributed by atoms with Crippen molar-refractivity contribution in [1.82, 2.24) is 9.55 Å². The average Bonchev–Trinajstić information content (AvgIpc) is 2.85. The molecule has 0 amide bonds. The first-order chi connectivity index (χ1) is 10.0. The lowest BCUT2D eigenvalue weighted by Gasteiger charge is -2.02. The lowest BCUT2D eigenvalue weighted by molar-refractivity contribution is 0.548. The maximum atomic E-state index is 11.5. The smallest absolute Gasteiger partial charge is 0.219 e. The standard InChI is InChI=1S/C15H12N2O3S/c1-21(19,20)12-6-4-11(5-7-12)14-9-17(10-18)15-13(14)3-2-8-16-15/h2-10H,1H3. The summed E-state index contributed by atoms with van der Waals surface area (Å²) >= 11 is 0. The van der Waals surface area contributed by atoms with Crippen LogP contribution >= 0.6 is 0 Å². The van der Waals surface area contributed by atoms with Crippen LogP contribution in [0.1, 0.15) is 0 Å². The van der Waals surface area contributed by atoms with Crippen molar-refractivity contribution in [2.45, 2.75) is 4.90 Å². The third kappa shape index (κ3) is 2.34. The van der Waals surface area contributed by atoms with Crippen LogP contribution in [0.5, 0.6) is 0 Å². The van der Waals surface area contributed by atoms with Crippen LogP contribution in [0.4, 0.5) is 0 Å². The van der Waals surface area contributed by atoms with Crippen LogP contribution in [0.15, 0.2) is 53.7 Å². The molecule has 106 valence electrons. The van der Waals surface area contributed by atoms with E-state index in [1.807, 2.05) is 6.07 Å². The quantitative estimate of drug-likeness (QED) is 0.695. The van der Waals surface area contributed by atoms with Gasteiger partial charge in [0.2, 0.25) is 6.41 Å². The monoisotopic (exact) mass is 300 g/mol. The number of sulfone groups is 1. The second-order valence-corrected chi connectivity index (χ2v) is 6.74. The van der Waals surface area contributed by atoms with Gasteiger partial charge in [-0.25, -0.2) is 13.4 Å². The van der Waals surface area contributed by atoms with Crippen LogP contribution in [-0.2, 0) is 14.6 Å². The molecule has 0 atom stereocenters. The zero-order valence-corrected chi connectivity index (χ0v) is 12.0. The highest BCUT2D eigenvalue weighted by atomic mass is 32.2. The molecule has 1 aromatic carbocycles. The van der Waals surface area contributed by atoms with Gasteiger partial charge in [-0.15, -0.1) is 0 Å². The normalized spacial score (nSPS) is 11.7. The molecule has 0 aliphatic rings. The molecule has 3 aromatic rings. The topological polar surface area (TPSA) is 69.0 Å². The van der Waals surface area contributed by atoms with Gasteiger partial charge in [0.05, 0.1) is 4.90 Å². The van der Waals surface area contributed by atoms with Gasteiger partial charge in [-0.05, 0) is 29.8 Å². The highest BCUT2D eigenvalue weighted by Gasteiger charge is 2.12. The minimum Gasteiger partial charge on any atom is -0.278 e. The van der Waals surface area contributed by atoms with Gasteiger partial charge in [0.15, 0.2) is 9.84 Å². The van der Waals surface area contributed by atoms with Crippen molar-refractivity contribution in [2.24, 2.45) is 0 Å². The van der Waals surface area contributed by atoms with E-state index in [2.05, 4.69) is 4.98 Å². The average molecular weight is 300 g/mol. The van der Waals surface area contributed by atoms with Crippen LogP contribution in [-0.4, -0.2) is 30.6 Å². The predicted octanol–water partition coefficient (Wildman–Crippen LogP) is 2.15. The maximum Gasteiger partial charge on any atom is 0.219 e. The van der Waals surface area contributed by atoms with Gasteiger partial charge in [-0.3, -0.25) is 9.36 Å². The Morgan fingerprint density at radius 1 is 1.14 bits per heavy atom. The Morgan fingerprint density at radius 2 is 1.86 bits per heavy atom. The van der Waals surface area contributed by atoms with E-state index in [1.165, 1.54) is 10.8 Å². The molecule has 6 heteroatoms. The number of rotatable bonds is 3. The molecular formula is C15H12N2O3S. The Bertz CT molecular complexity index is 925. The molecule has 5 nitrogen and oxygen atoms in total. The fourth-order valence-corrected chi connectivity index (χ4v) is 2.91. The highest BCUT2D eigenvalue weighted by Crippen LogP contribution is 2.29. The number of carbonyl (C=O) groups excluding carboxylic acids is 1. The molecule has 0 N–H and O–H groups in total. The summed E-state index contributed by atoms with van der Waals surface area (Å²) in [6, 6.07) is 10.3.